The Morgan fingerprint density at radius 2 is 1.91 bits per heavy atom. The Hall–Kier alpha value is -1.36. The van der Waals surface area contributed by atoms with Crippen molar-refractivity contribution in [1.82, 2.24) is 4.98 Å². The summed E-state index contributed by atoms with van der Waals surface area (Å²) in [5, 5.41) is 8.43. The molecule has 1 rings (SSSR count). The molecular weight excluding hydrogens is 136 g/mol. The molecule has 0 fully saturated rings. The largest absolute Gasteiger partial charge is 0.258 e. The Morgan fingerprint density at radius 1 is 1.36 bits per heavy atom. The molecule has 0 atom stereocenters. The van der Waals surface area contributed by atoms with E-state index in [-0.39, 0.29) is 0 Å². The summed E-state index contributed by atoms with van der Waals surface area (Å²) >= 11 is 0. The van der Waals surface area contributed by atoms with Gasteiger partial charge in [0, 0.05) is 11.4 Å². The average molecular weight is 146 g/mol. The van der Waals surface area contributed by atoms with Gasteiger partial charge in [0.15, 0.2) is 0 Å². The first-order valence-corrected chi connectivity index (χ1v) is 3.53. The van der Waals surface area contributed by atoms with Crippen LogP contribution in [0.4, 0.5) is 0 Å². The van der Waals surface area contributed by atoms with Crippen molar-refractivity contribution in [3.05, 3.63) is 29.1 Å². The lowest BCUT2D eigenvalue weighted by Crippen LogP contribution is -1.90. The van der Waals surface area contributed by atoms with E-state index in [2.05, 4.69) is 11.1 Å². The van der Waals surface area contributed by atoms with Gasteiger partial charge in [-0.15, -0.1) is 0 Å². The Balaban J connectivity index is 3.01. The maximum absolute atomic E-state index is 8.43. The second kappa shape index (κ2) is 3.16. The molecule has 0 amide bonds. The molecule has 11 heavy (non-hydrogen) atoms. The van der Waals surface area contributed by atoms with Gasteiger partial charge in [-0.05, 0) is 31.5 Å². The predicted molar refractivity (Wildman–Crippen MR) is 43.0 cm³/mol. The summed E-state index contributed by atoms with van der Waals surface area (Å²) in [6, 6.07) is 5.99. The highest BCUT2D eigenvalue weighted by molar-refractivity contribution is 5.22. The molecule has 1 aromatic heterocycles. The van der Waals surface area contributed by atoms with Gasteiger partial charge in [0.25, 0.3) is 0 Å². The quantitative estimate of drug-likeness (QED) is 0.605. The summed E-state index contributed by atoms with van der Waals surface area (Å²) in [4.78, 5) is 4.21. The first-order chi connectivity index (χ1) is 5.22. The Bertz CT molecular complexity index is 277. The van der Waals surface area contributed by atoms with E-state index in [1.165, 1.54) is 0 Å². The third kappa shape index (κ3) is 2.05. The molecule has 0 aliphatic heterocycles. The molecule has 0 radical (unpaired) electrons. The Kier molecular flexibility index (Phi) is 2.22. The summed E-state index contributed by atoms with van der Waals surface area (Å²) in [6.45, 7) is 3.88. The number of nitriles is 1. The van der Waals surface area contributed by atoms with Crippen molar-refractivity contribution in [1.29, 1.82) is 5.26 Å². The lowest BCUT2D eigenvalue weighted by Gasteiger charge is -1.98. The standard InChI is InChI=1S/C9H10N2/c1-7-5-9(3-4-10)6-8(2)11-7/h5-6H,3H2,1-2H3. The summed E-state index contributed by atoms with van der Waals surface area (Å²) in [7, 11) is 0. The van der Waals surface area contributed by atoms with E-state index in [1.807, 2.05) is 26.0 Å². The Labute approximate surface area is 66.5 Å². The molecule has 0 unspecified atom stereocenters. The number of rotatable bonds is 1. The second-order valence-electron chi connectivity index (χ2n) is 2.59. The molecule has 0 saturated heterocycles. The van der Waals surface area contributed by atoms with Crippen LogP contribution in [0, 0.1) is 25.2 Å². The third-order valence-corrected chi connectivity index (χ3v) is 1.42. The van der Waals surface area contributed by atoms with E-state index in [9.17, 15) is 0 Å². The topological polar surface area (TPSA) is 36.7 Å². The minimum absolute atomic E-state index is 0.476. The SMILES string of the molecule is Cc1cc(CC#N)cc(C)n1. The lowest BCUT2D eigenvalue weighted by molar-refractivity contribution is 1.09. The number of pyridine rings is 1. The zero-order valence-corrected chi connectivity index (χ0v) is 6.76. The summed E-state index contributed by atoms with van der Waals surface area (Å²) in [6.07, 6.45) is 0.476. The fourth-order valence-corrected chi connectivity index (χ4v) is 1.11. The van der Waals surface area contributed by atoms with Crippen molar-refractivity contribution in [2.24, 2.45) is 0 Å². The highest BCUT2D eigenvalue weighted by Gasteiger charge is 1.94. The van der Waals surface area contributed by atoms with E-state index in [1.54, 1.807) is 0 Å². The van der Waals surface area contributed by atoms with Gasteiger partial charge in [-0.2, -0.15) is 5.26 Å². The van der Waals surface area contributed by atoms with Gasteiger partial charge in [-0.3, -0.25) is 4.98 Å². The molecule has 1 heterocycles. The molecule has 0 spiro atoms. The summed E-state index contributed by atoms with van der Waals surface area (Å²) in [5.74, 6) is 0. The van der Waals surface area contributed by atoms with Gasteiger partial charge in [0.1, 0.15) is 0 Å². The minimum Gasteiger partial charge on any atom is -0.258 e. The number of hydrogen-bond acceptors (Lipinski definition) is 2. The van der Waals surface area contributed by atoms with E-state index in [0.29, 0.717) is 6.42 Å². The molecule has 0 N–H and O–H groups in total. The van der Waals surface area contributed by atoms with Crippen LogP contribution in [0.2, 0.25) is 0 Å². The molecule has 2 heteroatoms. The number of aryl methyl sites for hydroxylation is 2. The first-order valence-electron chi connectivity index (χ1n) is 3.53. The van der Waals surface area contributed by atoms with Gasteiger partial charge in [-0.1, -0.05) is 0 Å². The number of aromatic nitrogens is 1. The molecule has 0 saturated carbocycles. The van der Waals surface area contributed by atoms with Crippen molar-refractivity contribution in [2.75, 3.05) is 0 Å². The smallest absolute Gasteiger partial charge is 0.0669 e. The van der Waals surface area contributed by atoms with E-state index in [0.717, 1.165) is 17.0 Å². The maximum Gasteiger partial charge on any atom is 0.0669 e. The van der Waals surface area contributed by atoms with Crippen molar-refractivity contribution in [2.45, 2.75) is 20.3 Å². The average Bonchev–Trinajstić information content (AvgIpc) is 1.85. The molecular formula is C9H10N2. The Morgan fingerprint density at radius 3 is 2.36 bits per heavy atom. The van der Waals surface area contributed by atoms with Crippen LogP contribution in [0.25, 0.3) is 0 Å². The fraction of sp³-hybridized carbons (Fsp3) is 0.333. The minimum atomic E-state index is 0.476. The van der Waals surface area contributed by atoms with Crippen molar-refractivity contribution < 1.29 is 0 Å². The predicted octanol–water partition coefficient (Wildman–Crippen LogP) is 1.76. The van der Waals surface area contributed by atoms with Crippen LogP contribution in [-0.4, -0.2) is 4.98 Å². The van der Waals surface area contributed by atoms with E-state index < -0.39 is 0 Å². The highest BCUT2D eigenvalue weighted by atomic mass is 14.7. The van der Waals surface area contributed by atoms with Crippen LogP contribution in [0.3, 0.4) is 0 Å². The maximum atomic E-state index is 8.43. The van der Waals surface area contributed by atoms with Crippen LogP contribution in [0.1, 0.15) is 17.0 Å². The fourth-order valence-electron chi connectivity index (χ4n) is 1.11. The third-order valence-electron chi connectivity index (χ3n) is 1.42. The molecule has 2 nitrogen and oxygen atoms in total. The van der Waals surface area contributed by atoms with Crippen LogP contribution >= 0.6 is 0 Å². The van der Waals surface area contributed by atoms with Crippen molar-refractivity contribution in [3.63, 3.8) is 0 Å². The molecule has 1 aromatic rings. The summed E-state index contributed by atoms with van der Waals surface area (Å²) in [5.41, 5.74) is 3.02. The van der Waals surface area contributed by atoms with E-state index in [4.69, 9.17) is 5.26 Å². The number of nitrogens with zero attached hydrogens (tertiary/aromatic N) is 2. The van der Waals surface area contributed by atoms with Crippen molar-refractivity contribution >= 4 is 0 Å². The van der Waals surface area contributed by atoms with Gasteiger partial charge >= 0.3 is 0 Å². The van der Waals surface area contributed by atoms with Crippen LogP contribution in [0.15, 0.2) is 12.1 Å². The van der Waals surface area contributed by atoms with Gasteiger partial charge < -0.3 is 0 Å². The van der Waals surface area contributed by atoms with Crippen LogP contribution in [0.5, 0.6) is 0 Å². The monoisotopic (exact) mass is 146 g/mol. The van der Waals surface area contributed by atoms with Crippen molar-refractivity contribution in [3.8, 4) is 6.07 Å². The molecule has 56 valence electrons. The second-order valence-corrected chi connectivity index (χ2v) is 2.59. The van der Waals surface area contributed by atoms with Crippen LogP contribution < -0.4 is 0 Å². The van der Waals surface area contributed by atoms with Gasteiger partial charge in [0.05, 0.1) is 12.5 Å². The van der Waals surface area contributed by atoms with Gasteiger partial charge in [0.2, 0.25) is 0 Å². The van der Waals surface area contributed by atoms with E-state index >= 15 is 0 Å². The first kappa shape index (κ1) is 7.74. The lowest BCUT2D eigenvalue weighted by atomic mass is 10.1. The normalized spacial score (nSPS) is 9.18. The zero-order chi connectivity index (χ0) is 8.27. The molecule has 0 aromatic carbocycles. The molecule has 0 bridgehead atoms. The zero-order valence-electron chi connectivity index (χ0n) is 6.76. The summed E-state index contributed by atoms with van der Waals surface area (Å²) < 4.78 is 0. The van der Waals surface area contributed by atoms with Gasteiger partial charge in [-0.25, -0.2) is 0 Å². The molecule has 0 aliphatic rings. The number of hydrogen-bond donors (Lipinski definition) is 0. The highest BCUT2D eigenvalue weighted by Crippen LogP contribution is 2.04. The molecule has 0 aliphatic carbocycles. The van der Waals surface area contributed by atoms with Crippen LogP contribution in [-0.2, 0) is 6.42 Å².